The van der Waals surface area contributed by atoms with E-state index in [4.69, 9.17) is 0 Å². The van der Waals surface area contributed by atoms with Gasteiger partial charge in [-0.05, 0) is 69.7 Å². The van der Waals surface area contributed by atoms with Crippen molar-refractivity contribution < 1.29 is 19.5 Å². The summed E-state index contributed by atoms with van der Waals surface area (Å²) in [7, 11) is 0. The van der Waals surface area contributed by atoms with Gasteiger partial charge in [-0.2, -0.15) is 0 Å². The minimum absolute atomic E-state index is 0.0483. The number of aryl methyl sites for hydroxylation is 2. The SMILES string of the molecule is CC(O)C(NC(=O)C1CC1)C(=O)NC(C)C(C)NC(=O)c1ccc2c(c1)CC2. The molecule has 7 heteroatoms. The van der Waals surface area contributed by atoms with Crippen molar-refractivity contribution in [1.82, 2.24) is 16.0 Å². The number of carbonyl (C=O) groups is 3. The molecule has 0 saturated heterocycles. The molecule has 0 bridgehead atoms. The third-order valence-corrected chi connectivity index (χ3v) is 5.62. The van der Waals surface area contributed by atoms with Crippen LogP contribution in [0.1, 0.15) is 55.1 Å². The van der Waals surface area contributed by atoms with Gasteiger partial charge in [0.1, 0.15) is 6.04 Å². The van der Waals surface area contributed by atoms with Crippen molar-refractivity contribution in [2.45, 2.75) is 70.7 Å². The van der Waals surface area contributed by atoms with Gasteiger partial charge in [-0.25, -0.2) is 0 Å². The van der Waals surface area contributed by atoms with Crippen molar-refractivity contribution in [3.63, 3.8) is 0 Å². The maximum absolute atomic E-state index is 12.5. The van der Waals surface area contributed by atoms with Gasteiger partial charge >= 0.3 is 0 Å². The normalized spacial score (nSPS) is 19.3. The zero-order valence-electron chi connectivity index (χ0n) is 16.6. The Kier molecular flexibility index (Phi) is 6.03. The topological polar surface area (TPSA) is 108 Å². The lowest BCUT2D eigenvalue weighted by Gasteiger charge is -2.27. The number of aliphatic hydroxyl groups excluding tert-OH is 1. The summed E-state index contributed by atoms with van der Waals surface area (Å²) in [4.78, 5) is 37.0. The lowest BCUT2D eigenvalue weighted by molar-refractivity contribution is -0.132. The van der Waals surface area contributed by atoms with Crippen LogP contribution < -0.4 is 16.0 Å². The molecule has 1 aromatic carbocycles. The molecule has 3 amide bonds. The van der Waals surface area contributed by atoms with E-state index in [0.717, 1.165) is 25.7 Å². The number of rotatable bonds is 8. The summed E-state index contributed by atoms with van der Waals surface area (Å²) in [5, 5.41) is 18.2. The lowest BCUT2D eigenvalue weighted by Crippen LogP contribution is -2.57. The number of aliphatic hydroxyl groups is 1. The van der Waals surface area contributed by atoms with Crippen LogP contribution in [-0.2, 0) is 22.4 Å². The Hall–Kier alpha value is -2.41. The molecule has 0 heterocycles. The van der Waals surface area contributed by atoms with Crippen molar-refractivity contribution in [2.75, 3.05) is 0 Å². The van der Waals surface area contributed by atoms with E-state index < -0.39 is 18.1 Å². The molecule has 0 spiro atoms. The van der Waals surface area contributed by atoms with Gasteiger partial charge in [0.25, 0.3) is 5.91 Å². The molecule has 7 nitrogen and oxygen atoms in total. The number of hydrogen-bond donors (Lipinski definition) is 4. The average molecular weight is 387 g/mol. The molecule has 0 radical (unpaired) electrons. The number of carbonyl (C=O) groups excluding carboxylic acids is 3. The van der Waals surface area contributed by atoms with Crippen LogP contribution >= 0.6 is 0 Å². The van der Waals surface area contributed by atoms with E-state index in [0.29, 0.717) is 5.56 Å². The monoisotopic (exact) mass is 387 g/mol. The molecule has 152 valence electrons. The second-order valence-corrected chi connectivity index (χ2v) is 8.04. The van der Waals surface area contributed by atoms with Crippen LogP contribution in [0.25, 0.3) is 0 Å². The summed E-state index contributed by atoms with van der Waals surface area (Å²) >= 11 is 0. The van der Waals surface area contributed by atoms with E-state index in [9.17, 15) is 19.5 Å². The smallest absolute Gasteiger partial charge is 0.251 e. The minimum Gasteiger partial charge on any atom is -0.391 e. The molecule has 4 N–H and O–H groups in total. The Labute approximate surface area is 165 Å². The van der Waals surface area contributed by atoms with Crippen molar-refractivity contribution in [2.24, 2.45) is 5.92 Å². The van der Waals surface area contributed by atoms with Crippen LogP contribution in [-0.4, -0.2) is 47.1 Å². The molecule has 1 aromatic rings. The summed E-state index contributed by atoms with van der Waals surface area (Å²) in [5.41, 5.74) is 3.12. The molecule has 2 aliphatic carbocycles. The second kappa shape index (κ2) is 8.31. The van der Waals surface area contributed by atoms with Crippen LogP contribution in [0.4, 0.5) is 0 Å². The molecule has 1 saturated carbocycles. The van der Waals surface area contributed by atoms with Gasteiger partial charge in [0.05, 0.1) is 6.10 Å². The predicted octanol–water partition coefficient (Wildman–Crippen LogP) is 0.684. The zero-order chi connectivity index (χ0) is 20.4. The molecule has 28 heavy (non-hydrogen) atoms. The Balaban J connectivity index is 1.53. The van der Waals surface area contributed by atoms with Crippen LogP contribution in [0, 0.1) is 5.92 Å². The number of nitrogens with one attached hydrogen (secondary N) is 3. The van der Waals surface area contributed by atoms with Gasteiger partial charge in [-0.1, -0.05) is 6.07 Å². The highest BCUT2D eigenvalue weighted by molar-refractivity contribution is 5.95. The number of amides is 3. The molecule has 4 atom stereocenters. The van der Waals surface area contributed by atoms with Crippen molar-refractivity contribution in [3.8, 4) is 0 Å². The highest BCUT2D eigenvalue weighted by Gasteiger charge is 2.34. The van der Waals surface area contributed by atoms with Crippen molar-refractivity contribution >= 4 is 17.7 Å². The van der Waals surface area contributed by atoms with Gasteiger partial charge < -0.3 is 21.1 Å². The van der Waals surface area contributed by atoms with E-state index in [2.05, 4.69) is 16.0 Å². The van der Waals surface area contributed by atoms with Crippen LogP contribution in [0.2, 0.25) is 0 Å². The maximum Gasteiger partial charge on any atom is 0.251 e. The Morgan fingerprint density at radius 1 is 0.964 bits per heavy atom. The Morgan fingerprint density at radius 2 is 1.61 bits per heavy atom. The molecule has 4 unspecified atom stereocenters. The second-order valence-electron chi connectivity index (χ2n) is 8.04. The van der Waals surface area contributed by atoms with Gasteiger partial charge in [0.2, 0.25) is 11.8 Å². The molecule has 0 aromatic heterocycles. The first-order valence-corrected chi connectivity index (χ1v) is 9.97. The van der Waals surface area contributed by atoms with Crippen LogP contribution in [0.15, 0.2) is 18.2 Å². The Bertz CT molecular complexity index is 773. The summed E-state index contributed by atoms with van der Waals surface area (Å²) in [6.45, 7) is 5.06. The Morgan fingerprint density at radius 3 is 2.14 bits per heavy atom. The molecular weight excluding hydrogens is 358 g/mol. The fraction of sp³-hybridized carbons (Fsp3) is 0.571. The molecular formula is C21H29N3O4. The molecule has 3 rings (SSSR count). The summed E-state index contributed by atoms with van der Waals surface area (Å²) in [6.07, 6.45) is 2.70. The largest absolute Gasteiger partial charge is 0.391 e. The van der Waals surface area contributed by atoms with Crippen LogP contribution in [0.3, 0.4) is 0 Å². The third-order valence-electron chi connectivity index (χ3n) is 5.62. The number of fused-ring (bicyclic) bond motifs is 1. The summed E-state index contributed by atoms with van der Waals surface area (Å²) in [5.74, 6) is -0.889. The highest BCUT2D eigenvalue weighted by atomic mass is 16.3. The van der Waals surface area contributed by atoms with Gasteiger partial charge in [-0.15, -0.1) is 0 Å². The van der Waals surface area contributed by atoms with Gasteiger partial charge in [0.15, 0.2) is 0 Å². The first-order valence-electron chi connectivity index (χ1n) is 9.97. The van der Waals surface area contributed by atoms with E-state index in [1.807, 2.05) is 25.1 Å². The van der Waals surface area contributed by atoms with E-state index in [1.165, 1.54) is 18.1 Å². The summed E-state index contributed by atoms with van der Waals surface area (Å²) in [6, 6.07) is 4.02. The lowest BCUT2D eigenvalue weighted by atomic mass is 9.87. The quantitative estimate of drug-likeness (QED) is 0.526. The van der Waals surface area contributed by atoms with Crippen molar-refractivity contribution in [3.05, 3.63) is 34.9 Å². The number of benzene rings is 1. The van der Waals surface area contributed by atoms with E-state index in [-0.39, 0.29) is 29.8 Å². The fourth-order valence-corrected chi connectivity index (χ4v) is 3.21. The third kappa shape index (κ3) is 4.70. The number of hydrogen-bond acceptors (Lipinski definition) is 4. The fourth-order valence-electron chi connectivity index (χ4n) is 3.21. The van der Waals surface area contributed by atoms with Gasteiger partial charge in [-0.3, -0.25) is 14.4 Å². The standard InChI is InChI=1S/C21H29N3O4/c1-11(22-20(27)17-9-5-14-4-8-16(14)10-17)12(2)23-21(28)18(13(3)25)24-19(26)15-6-7-15/h5,9-13,15,18,25H,4,6-8H2,1-3H3,(H,22,27)(H,23,28)(H,24,26). The average Bonchev–Trinajstić information content (AvgIpc) is 3.45. The van der Waals surface area contributed by atoms with Crippen LogP contribution in [0.5, 0.6) is 0 Å². The molecule has 1 fully saturated rings. The molecule has 0 aliphatic heterocycles. The first kappa shape index (κ1) is 20.3. The minimum atomic E-state index is -1.01. The first-order chi connectivity index (χ1) is 13.3. The maximum atomic E-state index is 12.5. The summed E-state index contributed by atoms with van der Waals surface area (Å²) < 4.78 is 0. The van der Waals surface area contributed by atoms with Gasteiger partial charge in [0, 0.05) is 23.6 Å². The highest BCUT2D eigenvalue weighted by Crippen LogP contribution is 2.29. The zero-order valence-corrected chi connectivity index (χ0v) is 16.6. The van der Waals surface area contributed by atoms with E-state index >= 15 is 0 Å². The predicted molar refractivity (Wildman–Crippen MR) is 105 cm³/mol. The molecule has 2 aliphatic rings. The van der Waals surface area contributed by atoms with E-state index in [1.54, 1.807) is 6.92 Å². The van der Waals surface area contributed by atoms with Crippen molar-refractivity contribution in [1.29, 1.82) is 0 Å².